The lowest BCUT2D eigenvalue weighted by atomic mass is 9.96. The first kappa shape index (κ1) is 14.0. The maximum absolute atomic E-state index is 3.69. The standard InChI is InChI=1S/C14H30N2/c1-3-5-6-13(4-2)11-16-12-14-7-9-15-10-8-14/h13-16H,3-12H2,1-2H3. The Labute approximate surface area is 102 Å². The van der Waals surface area contributed by atoms with Crippen LogP contribution in [-0.4, -0.2) is 26.2 Å². The summed E-state index contributed by atoms with van der Waals surface area (Å²) in [6.45, 7) is 9.53. The third-order valence-corrected chi connectivity index (χ3v) is 3.87. The molecule has 96 valence electrons. The zero-order valence-corrected chi connectivity index (χ0v) is 11.2. The summed E-state index contributed by atoms with van der Waals surface area (Å²) in [5.74, 6) is 1.83. The molecule has 2 heteroatoms. The molecule has 0 aromatic heterocycles. The zero-order chi connectivity index (χ0) is 11.6. The lowest BCUT2D eigenvalue weighted by Crippen LogP contribution is -2.35. The first-order chi connectivity index (χ1) is 7.86. The Bertz CT molecular complexity index is 153. The molecule has 1 fully saturated rings. The van der Waals surface area contributed by atoms with E-state index >= 15 is 0 Å². The summed E-state index contributed by atoms with van der Waals surface area (Å²) >= 11 is 0. The number of nitrogens with one attached hydrogen (secondary N) is 2. The van der Waals surface area contributed by atoms with Crippen LogP contribution >= 0.6 is 0 Å². The molecule has 0 spiro atoms. The van der Waals surface area contributed by atoms with Gasteiger partial charge in [0.1, 0.15) is 0 Å². The van der Waals surface area contributed by atoms with E-state index in [4.69, 9.17) is 0 Å². The van der Waals surface area contributed by atoms with Gasteiger partial charge in [-0.05, 0) is 57.3 Å². The van der Waals surface area contributed by atoms with Crippen molar-refractivity contribution in [1.82, 2.24) is 10.6 Å². The van der Waals surface area contributed by atoms with Crippen LogP contribution in [0, 0.1) is 11.8 Å². The normalized spacial score (nSPS) is 19.9. The molecule has 0 bridgehead atoms. The Balaban J connectivity index is 2.02. The van der Waals surface area contributed by atoms with Crippen molar-refractivity contribution in [1.29, 1.82) is 0 Å². The number of hydrogen-bond donors (Lipinski definition) is 2. The highest BCUT2D eigenvalue weighted by Gasteiger charge is 2.13. The summed E-state index contributed by atoms with van der Waals surface area (Å²) in [5, 5.41) is 7.11. The molecule has 2 N–H and O–H groups in total. The van der Waals surface area contributed by atoms with Crippen LogP contribution in [0.2, 0.25) is 0 Å². The third-order valence-electron chi connectivity index (χ3n) is 3.87. The van der Waals surface area contributed by atoms with E-state index in [9.17, 15) is 0 Å². The summed E-state index contributed by atoms with van der Waals surface area (Å²) in [7, 11) is 0. The highest BCUT2D eigenvalue weighted by molar-refractivity contribution is 4.71. The summed E-state index contributed by atoms with van der Waals surface area (Å²) in [4.78, 5) is 0. The number of piperidine rings is 1. The van der Waals surface area contributed by atoms with E-state index in [1.54, 1.807) is 0 Å². The van der Waals surface area contributed by atoms with Gasteiger partial charge in [0.25, 0.3) is 0 Å². The van der Waals surface area contributed by atoms with Crippen molar-refractivity contribution >= 4 is 0 Å². The van der Waals surface area contributed by atoms with Gasteiger partial charge in [0.2, 0.25) is 0 Å². The van der Waals surface area contributed by atoms with Crippen LogP contribution in [0.1, 0.15) is 52.4 Å². The van der Waals surface area contributed by atoms with Crippen LogP contribution in [0.15, 0.2) is 0 Å². The number of unbranched alkanes of at least 4 members (excludes halogenated alkanes) is 1. The molecule has 0 saturated carbocycles. The highest BCUT2D eigenvalue weighted by atomic mass is 14.9. The fourth-order valence-electron chi connectivity index (χ4n) is 2.52. The van der Waals surface area contributed by atoms with Gasteiger partial charge in [-0.3, -0.25) is 0 Å². The topological polar surface area (TPSA) is 24.1 Å². The minimum absolute atomic E-state index is 0.904. The van der Waals surface area contributed by atoms with Gasteiger partial charge >= 0.3 is 0 Å². The van der Waals surface area contributed by atoms with Gasteiger partial charge < -0.3 is 10.6 Å². The number of rotatable bonds is 8. The van der Waals surface area contributed by atoms with E-state index < -0.39 is 0 Å². The van der Waals surface area contributed by atoms with Crippen molar-refractivity contribution in [3.63, 3.8) is 0 Å². The highest BCUT2D eigenvalue weighted by Crippen LogP contribution is 2.13. The monoisotopic (exact) mass is 226 g/mol. The van der Waals surface area contributed by atoms with E-state index in [1.807, 2.05) is 0 Å². The molecular weight excluding hydrogens is 196 g/mol. The largest absolute Gasteiger partial charge is 0.317 e. The van der Waals surface area contributed by atoms with E-state index in [2.05, 4.69) is 24.5 Å². The molecule has 0 amide bonds. The van der Waals surface area contributed by atoms with Gasteiger partial charge in [0.15, 0.2) is 0 Å². The Morgan fingerprint density at radius 3 is 2.62 bits per heavy atom. The molecule has 16 heavy (non-hydrogen) atoms. The lowest BCUT2D eigenvalue weighted by Gasteiger charge is -2.24. The van der Waals surface area contributed by atoms with Crippen molar-refractivity contribution < 1.29 is 0 Å². The van der Waals surface area contributed by atoms with Crippen LogP contribution in [0.5, 0.6) is 0 Å². The molecule has 0 aliphatic carbocycles. The van der Waals surface area contributed by atoms with Crippen LogP contribution in [-0.2, 0) is 0 Å². The Morgan fingerprint density at radius 1 is 1.25 bits per heavy atom. The number of hydrogen-bond acceptors (Lipinski definition) is 2. The van der Waals surface area contributed by atoms with Gasteiger partial charge in [-0.1, -0.05) is 33.1 Å². The van der Waals surface area contributed by atoms with Crippen molar-refractivity contribution in [2.24, 2.45) is 11.8 Å². The molecule has 1 unspecified atom stereocenters. The van der Waals surface area contributed by atoms with Crippen molar-refractivity contribution in [2.45, 2.75) is 52.4 Å². The van der Waals surface area contributed by atoms with Crippen molar-refractivity contribution in [3.05, 3.63) is 0 Å². The van der Waals surface area contributed by atoms with E-state index in [0.29, 0.717) is 0 Å². The van der Waals surface area contributed by atoms with Crippen LogP contribution in [0.3, 0.4) is 0 Å². The summed E-state index contributed by atoms with van der Waals surface area (Å²) in [6, 6.07) is 0. The molecule has 1 atom stereocenters. The van der Waals surface area contributed by atoms with Gasteiger partial charge in [-0.25, -0.2) is 0 Å². The summed E-state index contributed by atoms with van der Waals surface area (Å²) < 4.78 is 0. The summed E-state index contributed by atoms with van der Waals surface area (Å²) in [6.07, 6.45) is 8.20. The molecule has 0 aromatic rings. The molecular formula is C14H30N2. The minimum atomic E-state index is 0.904. The summed E-state index contributed by atoms with van der Waals surface area (Å²) in [5.41, 5.74) is 0. The fourth-order valence-corrected chi connectivity index (χ4v) is 2.52. The fraction of sp³-hybridized carbons (Fsp3) is 1.00. The van der Waals surface area contributed by atoms with E-state index in [0.717, 1.165) is 11.8 Å². The van der Waals surface area contributed by atoms with Crippen LogP contribution in [0.4, 0.5) is 0 Å². The second-order valence-corrected chi connectivity index (χ2v) is 5.27. The molecule has 1 saturated heterocycles. The molecule has 0 radical (unpaired) electrons. The minimum Gasteiger partial charge on any atom is -0.317 e. The first-order valence-corrected chi connectivity index (χ1v) is 7.28. The first-order valence-electron chi connectivity index (χ1n) is 7.28. The second kappa shape index (κ2) is 9.00. The molecule has 1 aliphatic rings. The van der Waals surface area contributed by atoms with Crippen molar-refractivity contribution in [3.8, 4) is 0 Å². The van der Waals surface area contributed by atoms with E-state index in [-0.39, 0.29) is 0 Å². The SMILES string of the molecule is CCCCC(CC)CNCC1CCNCC1. The average Bonchev–Trinajstić information content (AvgIpc) is 2.35. The Kier molecular flexibility index (Phi) is 7.87. The maximum atomic E-state index is 3.69. The molecule has 1 heterocycles. The van der Waals surface area contributed by atoms with Gasteiger partial charge in [-0.2, -0.15) is 0 Å². The predicted octanol–water partition coefficient (Wildman–Crippen LogP) is 2.79. The molecule has 2 nitrogen and oxygen atoms in total. The average molecular weight is 226 g/mol. The van der Waals surface area contributed by atoms with Crippen molar-refractivity contribution in [2.75, 3.05) is 26.2 Å². The molecule has 1 rings (SSSR count). The van der Waals surface area contributed by atoms with Gasteiger partial charge in [0.05, 0.1) is 0 Å². The van der Waals surface area contributed by atoms with Gasteiger partial charge in [-0.15, -0.1) is 0 Å². The predicted molar refractivity (Wildman–Crippen MR) is 71.8 cm³/mol. The quantitative estimate of drug-likeness (QED) is 0.665. The maximum Gasteiger partial charge on any atom is -0.00195 e. The Hall–Kier alpha value is -0.0800. The second-order valence-electron chi connectivity index (χ2n) is 5.27. The van der Waals surface area contributed by atoms with Gasteiger partial charge in [0, 0.05) is 0 Å². The Morgan fingerprint density at radius 2 is 2.00 bits per heavy atom. The third kappa shape index (κ3) is 5.86. The molecule has 0 aromatic carbocycles. The zero-order valence-electron chi connectivity index (χ0n) is 11.2. The van der Waals surface area contributed by atoms with Crippen LogP contribution < -0.4 is 10.6 Å². The van der Waals surface area contributed by atoms with E-state index in [1.165, 1.54) is 64.7 Å². The molecule has 1 aliphatic heterocycles. The van der Waals surface area contributed by atoms with Crippen LogP contribution in [0.25, 0.3) is 0 Å². The lowest BCUT2D eigenvalue weighted by molar-refractivity contribution is 0.336. The smallest absolute Gasteiger partial charge is 0.00195 e.